The van der Waals surface area contributed by atoms with Crippen molar-refractivity contribution < 1.29 is 22.7 Å². The zero-order chi connectivity index (χ0) is 9.61. The molecule has 0 saturated heterocycles. The minimum atomic E-state index is -4.82. The molecule has 0 aromatic heterocycles. The molecule has 0 heterocycles. The van der Waals surface area contributed by atoms with E-state index in [0.29, 0.717) is 0 Å². The van der Waals surface area contributed by atoms with Crippen molar-refractivity contribution in [3.8, 4) is 0 Å². The van der Waals surface area contributed by atoms with E-state index in [4.69, 9.17) is 0 Å². The number of rotatable bonds is 4. The van der Waals surface area contributed by atoms with Crippen molar-refractivity contribution in [2.45, 2.75) is 6.18 Å². The third-order valence-corrected chi connectivity index (χ3v) is 0.934. The van der Waals surface area contributed by atoms with Crippen molar-refractivity contribution in [2.24, 2.45) is 0 Å². The summed E-state index contributed by atoms with van der Waals surface area (Å²) in [6.45, 7) is 3.34. The smallest absolute Gasteiger partial charge is 0.380 e. The predicted octanol–water partition coefficient (Wildman–Crippen LogP) is 0.516. The van der Waals surface area contributed by atoms with Crippen molar-refractivity contribution in [3.05, 3.63) is 6.92 Å². The van der Waals surface area contributed by atoms with Crippen LogP contribution in [0.2, 0.25) is 0 Å². The van der Waals surface area contributed by atoms with Crippen LogP contribution < -0.4 is 5.32 Å². The first-order chi connectivity index (χ1) is 5.48. The van der Waals surface area contributed by atoms with Gasteiger partial charge in [-0.15, -0.1) is 0 Å². The number of carbonyl (C=O) groups excluding carboxylic acids is 1. The average molecular weight is 184 g/mol. The number of alkyl halides is 3. The average Bonchev–Trinajstić information content (AvgIpc) is 1.96. The standard InChI is InChI=1S/C6H9F3NO2/c1-2-12-4-3-10-5(11)6(7,8)9/h1-4H2,(H,10,11). The van der Waals surface area contributed by atoms with Crippen LogP contribution in [-0.4, -0.2) is 31.8 Å². The Bertz CT molecular complexity index is 146. The normalized spacial score (nSPS) is 11.3. The first-order valence-electron chi connectivity index (χ1n) is 3.20. The highest BCUT2D eigenvalue weighted by Crippen LogP contribution is 2.13. The highest BCUT2D eigenvalue weighted by Gasteiger charge is 2.38. The van der Waals surface area contributed by atoms with Gasteiger partial charge in [0.25, 0.3) is 0 Å². The molecule has 0 bridgehead atoms. The third-order valence-electron chi connectivity index (χ3n) is 0.934. The molecule has 0 aliphatic heterocycles. The number of hydrogen-bond donors (Lipinski definition) is 1. The second-order valence-electron chi connectivity index (χ2n) is 1.87. The molecule has 1 N–H and O–H groups in total. The zero-order valence-corrected chi connectivity index (χ0v) is 6.28. The summed E-state index contributed by atoms with van der Waals surface area (Å²) in [7, 11) is 0. The largest absolute Gasteiger partial charge is 0.471 e. The molecular formula is C6H9F3NO2. The molecule has 0 aromatic rings. The molecule has 0 saturated carbocycles. The lowest BCUT2D eigenvalue weighted by molar-refractivity contribution is -0.173. The Balaban J connectivity index is 3.45. The Morgan fingerprint density at radius 2 is 2.08 bits per heavy atom. The van der Waals surface area contributed by atoms with E-state index in [9.17, 15) is 18.0 Å². The topological polar surface area (TPSA) is 38.3 Å². The van der Waals surface area contributed by atoms with Gasteiger partial charge >= 0.3 is 12.1 Å². The van der Waals surface area contributed by atoms with Crippen LogP contribution in [0, 0.1) is 6.92 Å². The van der Waals surface area contributed by atoms with E-state index in [1.165, 1.54) is 0 Å². The molecule has 6 heteroatoms. The van der Waals surface area contributed by atoms with Gasteiger partial charge in [0.1, 0.15) is 0 Å². The van der Waals surface area contributed by atoms with Gasteiger partial charge in [-0.05, 0) is 6.92 Å². The van der Waals surface area contributed by atoms with Gasteiger partial charge in [-0.2, -0.15) is 13.2 Å². The van der Waals surface area contributed by atoms with Gasteiger partial charge in [0.15, 0.2) is 0 Å². The van der Waals surface area contributed by atoms with Gasteiger partial charge < -0.3 is 10.1 Å². The second-order valence-corrected chi connectivity index (χ2v) is 1.87. The maximum absolute atomic E-state index is 11.5. The van der Waals surface area contributed by atoms with E-state index in [2.05, 4.69) is 11.7 Å². The lowest BCUT2D eigenvalue weighted by atomic mass is 10.5. The van der Waals surface area contributed by atoms with Crippen molar-refractivity contribution in [1.29, 1.82) is 0 Å². The molecule has 1 radical (unpaired) electrons. The molecule has 71 valence electrons. The first kappa shape index (κ1) is 11.2. The van der Waals surface area contributed by atoms with Gasteiger partial charge in [0.05, 0.1) is 6.61 Å². The zero-order valence-electron chi connectivity index (χ0n) is 6.28. The highest BCUT2D eigenvalue weighted by atomic mass is 19.4. The van der Waals surface area contributed by atoms with Gasteiger partial charge in [-0.25, -0.2) is 0 Å². The van der Waals surface area contributed by atoms with E-state index >= 15 is 0 Å². The molecule has 0 atom stereocenters. The SMILES string of the molecule is [CH2]COCCNC(=O)C(F)(F)F. The van der Waals surface area contributed by atoms with Crippen molar-refractivity contribution in [2.75, 3.05) is 19.8 Å². The fourth-order valence-corrected chi connectivity index (χ4v) is 0.439. The van der Waals surface area contributed by atoms with Crippen LogP contribution >= 0.6 is 0 Å². The highest BCUT2D eigenvalue weighted by molar-refractivity contribution is 5.81. The Morgan fingerprint density at radius 3 is 2.50 bits per heavy atom. The van der Waals surface area contributed by atoms with Crippen LogP contribution in [-0.2, 0) is 9.53 Å². The maximum atomic E-state index is 11.5. The van der Waals surface area contributed by atoms with E-state index < -0.39 is 12.1 Å². The van der Waals surface area contributed by atoms with Crippen LogP contribution in [0.5, 0.6) is 0 Å². The van der Waals surface area contributed by atoms with Gasteiger partial charge in [0.2, 0.25) is 0 Å². The van der Waals surface area contributed by atoms with Crippen LogP contribution in [0.15, 0.2) is 0 Å². The summed E-state index contributed by atoms with van der Waals surface area (Å²) in [5.41, 5.74) is 0. The van der Waals surface area contributed by atoms with Crippen LogP contribution in [0.3, 0.4) is 0 Å². The van der Waals surface area contributed by atoms with Crippen LogP contribution in [0.1, 0.15) is 0 Å². The molecule has 0 unspecified atom stereocenters. The van der Waals surface area contributed by atoms with E-state index in [0.717, 1.165) is 0 Å². The molecule has 0 rings (SSSR count). The molecule has 0 spiro atoms. The molecule has 3 nitrogen and oxygen atoms in total. The fourth-order valence-electron chi connectivity index (χ4n) is 0.439. The van der Waals surface area contributed by atoms with Crippen molar-refractivity contribution >= 4 is 5.91 Å². The molecule has 0 aliphatic rings. The first-order valence-corrected chi connectivity index (χ1v) is 3.20. The summed E-state index contributed by atoms with van der Waals surface area (Å²) in [6.07, 6.45) is -4.82. The molecular weight excluding hydrogens is 175 g/mol. The van der Waals surface area contributed by atoms with Crippen LogP contribution in [0.4, 0.5) is 13.2 Å². The van der Waals surface area contributed by atoms with Gasteiger partial charge in [-0.3, -0.25) is 4.79 Å². The Labute approximate surface area is 67.9 Å². The van der Waals surface area contributed by atoms with E-state index in [-0.39, 0.29) is 19.8 Å². The summed E-state index contributed by atoms with van der Waals surface area (Å²) in [6, 6.07) is 0. The number of halogens is 3. The quantitative estimate of drug-likeness (QED) is 0.646. The minimum absolute atomic E-state index is 0.0331. The Kier molecular flexibility index (Phi) is 4.65. The fraction of sp³-hybridized carbons (Fsp3) is 0.667. The summed E-state index contributed by atoms with van der Waals surface area (Å²) in [4.78, 5) is 10.1. The van der Waals surface area contributed by atoms with Crippen LogP contribution in [0.25, 0.3) is 0 Å². The van der Waals surface area contributed by atoms with Gasteiger partial charge in [0, 0.05) is 13.2 Å². The number of nitrogens with one attached hydrogen (secondary N) is 1. The predicted molar refractivity (Wildman–Crippen MR) is 35.2 cm³/mol. The molecule has 0 fully saturated rings. The lowest BCUT2D eigenvalue weighted by Crippen LogP contribution is -2.38. The Hall–Kier alpha value is -0.780. The number of amides is 1. The number of ether oxygens (including phenoxy) is 1. The van der Waals surface area contributed by atoms with E-state index in [1.54, 1.807) is 5.32 Å². The summed E-state index contributed by atoms with van der Waals surface area (Å²) in [5.74, 6) is -1.95. The molecule has 0 aliphatic carbocycles. The molecule has 1 amide bonds. The van der Waals surface area contributed by atoms with Crippen molar-refractivity contribution in [1.82, 2.24) is 5.32 Å². The number of carbonyl (C=O) groups is 1. The molecule has 0 aromatic carbocycles. The summed E-state index contributed by atoms with van der Waals surface area (Å²) in [5, 5.41) is 1.64. The number of hydrogen-bond acceptors (Lipinski definition) is 2. The third kappa shape index (κ3) is 4.95. The Morgan fingerprint density at radius 1 is 1.50 bits per heavy atom. The minimum Gasteiger partial charge on any atom is -0.380 e. The summed E-state index contributed by atoms with van der Waals surface area (Å²) < 4.78 is 39.1. The monoisotopic (exact) mass is 184 g/mol. The second kappa shape index (κ2) is 4.97. The lowest BCUT2D eigenvalue weighted by Gasteiger charge is -2.06. The van der Waals surface area contributed by atoms with Crippen molar-refractivity contribution in [3.63, 3.8) is 0 Å². The maximum Gasteiger partial charge on any atom is 0.471 e. The van der Waals surface area contributed by atoms with E-state index in [1.807, 2.05) is 0 Å². The van der Waals surface area contributed by atoms with Gasteiger partial charge in [-0.1, -0.05) is 0 Å². The summed E-state index contributed by atoms with van der Waals surface area (Å²) >= 11 is 0. The molecule has 12 heavy (non-hydrogen) atoms.